The molecule has 7 heteroatoms. The van der Waals surface area contributed by atoms with Gasteiger partial charge in [-0.25, -0.2) is 9.97 Å². The molecule has 0 spiro atoms. The highest BCUT2D eigenvalue weighted by atomic mass is 35.5. The smallest absolute Gasteiger partial charge is 0.254 e. The minimum atomic E-state index is 0. The van der Waals surface area contributed by atoms with Gasteiger partial charge in [0.25, 0.3) is 5.91 Å². The zero-order valence-corrected chi connectivity index (χ0v) is 18.3. The average molecular weight is 417 g/mol. The Hall–Kier alpha value is -2.18. The summed E-state index contributed by atoms with van der Waals surface area (Å²) in [4.78, 5) is 28.9. The number of nitrogens with zero attached hydrogens (tertiary/aromatic N) is 4. The maximum absolute atomic E-state index is 12.9. The molecule has 0 N–H and O–H groups in total. The molecule has 5 nitrogen and oxygen atoms in total. The topological polar surface area (TPSA) is 49.3 Å². The fourth-order valence-electron chi connectivity index (χ4n) is 3.67. The van der Waals surface area contributed by atoms with Gasteiger partial charge >= 0.3 is 0 Å². The van der Waals surface area contributed by atoms with Gasteiger partial charge < -0.3 is 9.80 Å². The molecule has 0 bridgehead atoms. The minimum absolute atomic E-state index is 0. The van der Waals surface area contributed by atoms with Crippen LogP contribution in [0.3, 0.4) is 0 Å². The van der Waals surface area contributed by atoms with Crippen LogP contribution >= 0.6 is 23.7 Å². The molecule has 1 saturated heterocycles. The van der Waals surface area contributed by atoms with Gasteiger partial charge in [-0.05, 0) is 44.9 Å². The Morgan fingerprint density at radius 2 is 1.68 bits per heavy atom. The third-order valence-corrected chi connectivity index (χ3v) is 6.46. The molecule has 2 aromatic heterocycles. The number of halogens is 1. The van der Waals surface area contributed by atoms with Crippen molar-refractivity contribution < 1.29 is 4.79 Å². The van der Waals surface area contributed by atoms with Gasteiger partial charge in [0, 0.05) is 36.6 Å². The molecule has 1 fully saturated rings. The molecular weight excluding hydrogens is 392 g/mol. The van der Waals surface area contributed by atoms with Crippen LogP contribution < -0.4 is 4.90 Å². The molecule has 148 valence electrons. The monoisotopic (exact) mass is 416 g/mol. The Bertz CT molecular complexity index is 1020. The number of benzene rings is 1. The number of rotatable bonds is 2. The van der Waals surface area contributed by atoms with Crippen molar-refractivity contribution in [2.75, 3.05) is 31.1 Å². The second-order valence-corrected chi connectivity index (χ2v) is 8.36. The summed E-state index contributed by atoms with van der Waals surface area (Å²) in [6.45, 7) is 11.2. The Morgan fingerprint density at radius 3 is 2.36 bits per heavy atom. The number of hydrogen-bond donors (Lipinski definition) is 0. The van der Waals surface area contributed by atoms with Crippen molar-refractivity contribution in [2.45, 2.75) is 27.7 Å². The van der Waals surface area contributed by atoms with E-state index in [2.05, 4.69) is 23.7 Å². The Kier molecular flexibility index (Phi) is 5.91. The number of carbonyl (C=O) groups excluding carboxylic acids is 1. The van der Waals surface area contributed by atoms with Crippen molar-refractivity contribution in [3.8, 4) is 0 Å². The third-order valence-electron chi connectivity index (χ3n) is 5.36. The number of anilines is 1. The second-order valence-electron chi connectivity index (χ2n) is 7.15. The van der Waals surface area contributed by atoms with Crippen LogP contribution in [0.2, 0.25) is 0 Å². The predicted molar refractivity (Wildman–Crippen MR) is 118 cm³/mol. The van der Waals surface area contributed by atoms with Gasteiger partial charge in [0.1, 0.15) is 16.5 Å². The van der Waals surface area contributed by atoms with E-state index in [1.807, 2.05) is 43.0 Å². The summed E-state index contributed by atoms with van der Waals surface area (Å²) in [6.07, 6.45) is 0. The fraction of sp³-hybridized carbons (Fsp3) is 0.381. The number of piperazine rings is 1. The molecule has 3 heterocycles. The van der Waals surface area contributed by atoms with E-state index in [4.69, 9.17) is 4.98 Å². The highest BCUT2D eigenvalue weighted by Crippen LogP contribution is 2.35. The summed E-state index contributed by atoms with van der Waals surface area (Å²) in [7, 11) is 0. The summed E-state index contributed by atoms with van der Waals surface area (Å²) < 4.78 is 0. The zero-order valence-electron chi connectivity index (χ0n) is 16.7. The van der Waals surface area contributed by atoms with Crippen molar-refractivity contribution in [1.82, 2.24) is 14.9 Å². The Morgan fingerprint density at radius 1 is 1.00 bits per heavy atom. The van der Waals surface area contributed by atoms with Crippen molar-refractivity contribution in [2.24, 2.45) is 0 Å². The molecule has 1 aliphatic heterocycles. The van der Waals surface area contributed by atoms with Gasteiger partial charge in [0.05, 0.1) is 5.39 Å². The van der Waals surface area contributed by atoms with Crippen molar-refractivity contribution in [1.29, 1.82) is 0 Å². The van der Waals surface area contributed by atoms with E-state index in [0.29, 0.717) is 13.1 Å². The molecular formula is C21H25ClN4OS. The average Bonchev–Trinajstić information content (AvgIpc) is 2.95. The van der Waals surface area contributed by atoms with E-state index in [9.17, 15) is 4.79 Å². The standard InChI is InChI=1S/C21H24N4OS.ClH/c1-13-7-5-6-8-17(13)21(26)25-11-9-24(10-12-25)19-18-14(2)15(3)27-20(18)23-16(4)22-19;/h5-8H,9-12H2,1-4H3;1H. The number of fused-ring (bicyclic) bond motifs is 1. The fourth-order valence-corrected chi connectivity index (χ4v) is 4.73. The van der Waals surface area contributed by atoms with Gasteiger partial charge in [-0.3, -0.25) is 4.79 Å². The molecule has 28 heavy (non-hydrogen) atoms. The summed E-state index contributed by atoms with van der Waals surface area (Å²) >= 11 is 1.73. The first kappa shape index (κ1) is 20.6. The lowest BCUT2D eigenvalue weighted by Crippen LogP contribution is -2.49. The lowest BCUT2D eigenvalue weighted by atomic mass is 10.1. The van der Waals surface area contributed by atoms with Crippen LogP contribution in [-0.4, -0.2) is 47.0 Å². The number of thiophene rings is 1. The van der Waals surface area contributed by atoms with E-state index in [1.54, 1.807) is 11.3 Å². The summed E-state index contributed by atoms with van der Waals surface area (Å²) in [5.74, 6) is 1.94. The van der Waals surface area contributed by atoms with Crippen LogP contribution in [0, 0.1) is 27.7 Å². The number of aryl methyl sites for hydroxylation is 4. The van der Waals surface area contributed by atoms with Crippen LogP contribution in [0.25, 0.3) is 10.2 Å². The van der Waals surface area contributed by atoms with E-state index in [1.165, 1.54) is 15.8 Å². The van der Waals surface area contributed by atoms with Gasteiger partial charge in [-0.1, -0.05) is 18.2 Å². The van der Waals surface area contributed by atoms with E-state index < -0.39 is 0 Å². The van der Waals surface area contributed by atoms with Gasteiger partial charge in [0.2, 0.25) is 0 Å². The molecule has 0 aliphatic carbocycles. The zero-order chi connectivity index (χ0) is 19.1. The van der Waals surface area contributed by atoms with Gasteiger partial charge in [-0.2, -0.15) is 0 Å². The Labute approximate surface area is 175 Å². The molecule has 0 atom stereocenters. The molecule has 1 aromatic carbocycles. The van der Waals surface area contributed by atoms with Crippen LogP contribution in [0.1, 0.15) is 32.2 Å². The Balaban J connectivity index is 0.00000225. The van der Waals surface area contributed by atoms with E-state index in [0.717, 1.165) is 40.7 Å². The first-order valence-corrected chi connectivity index (χ1v) is 10.1. The van der Waals surface area contributed by atoms with Crippen LogP contribution in [0.5, 0.6) is 0 Å². The van der Waals surface area contributed by atoms with E-state index in [-0.39, 0.29) is 18.3 Å². The molecule has 0 saturated carbocycles. The van der Waals surface area contributed by atoms with Crippen LogP contribution in [0.4, 0.5) is 5.82 Å². The molecule has 1 amide bonds. The molecule has 0 unspecified atom stereocenters. The number of aromatic nitrogens is 2. The molecule has 4 rings (SSSR count). The molecule has 3 aromatic rings. The highest BCUT2D eigenvalue weighted by molar-refractivity contribution is 7.18. The lowest BCUT2D eigenvalue weighted by Gasteiger charge is -2.36. The van der Waals surface area contributed by atoms with Crippen LogP contribution in [0.15, 0.2) is 24.3 Å². The normalized spacial score (nSPS) is 14.3. The van der Waals surface area contributed by atoms with Crippen molar-refractivity contribution in [3.63, 3.8) is 0 Å². The largest absolute Gasteiger partial charge is 0.352 e. The quantitative estimate of drug-likeness (QED) is 0.624. The minimum Gasteiger partial charge on any atom is -0.352 e. The first-order valence-electron chi connectivity index (χ1n) is 9.30. The maximum atomic E-state index is 12.9. The SMILES string of the molecule is Cc1nc(N2CCN(C(=O)c3ccccc3C)CC2)c2c(C)c(C)sc2n1.Cl. The lowest BCUT2D eigenvalue weighted by molar-refractivity contribution is 0.0746. The number of hydrogen-bond acceptors (Lipinski definition) is 5. The number of carbonyl (C=O) groups is 1. The van der Waals surface area contributed by atoms with E-state index >= 15 is 0 Å². The van der Waals surface area contributed by atoms with Gasteiger partial charge in [0.15, 0.2) is 0 Å². The third kappa shape index (κ3) is 3.59. The highest BCUT2D eigenvalue weighted by Gasteiger charge is 2.26. The molecule has 1 aliphatic rings. The first-order chi connectivity index (χ1) is 13.0. The summed E-state index contributed by atoms with van der Waals surface area (Å²) in [5.41, 5.74) is 3.10. The predicted octanol–water partition coefficient (Wildman–Crippen LogP) is 4.31. The second kappa shape index (κ2) is 8.05. The summed E-state index contributed by atoms with van der Waals surface area (Å²) in [6, 6.07) is 7.81. The maximum Gasteiger partial charge on any atom is 0.254 e. The van der Waals surface area contributed by atoms with Crippen molar-refractivity contribution >= 4 is 45.7 Å². The molecule has 0 radical (unpaired) electrons. The summed E-state index contributed by atoms with van der Waals surface area (Å²) in [5, 5.41) is 1.17. The van der Waals surface area contributed by atoms with Crippen LogP contribution in [-0.2, 0) is 0 Å². The van der Waals surface area contributed by atoms with Gasteiger partial charge in [-0.15, -0.1) is 23.7 Å². The number of amides is 1. The van der Waals surface area contributed by atoms with Crippen molar-refractivity contribution in [3.05, 3.63) is 51.7 Å².